The first kappa shape index (κ1) is 22.8. The maximum Gasteiger partial charge on any atom is 0.325 e. The number of H-pyrrole nitrogens is 2. The van der Waals surface area contributed by atoms with Gasteiger partial charge in [-0.2, -0.15) is 0 Å². The molecule has 33 heavy (non-hydrogen) atoms. The SMILES string of the molecule is O=C(CCC(=O)N1CCN(C(=O)c2cc(Cl)cc(Cl)c2)CC1)Nc1ccc2[nH]c(=O)[nH]c2n1. The Morgan fingerprint density at radius 1 is 0.939 bits per heavy atom. The molecule has 0 saturated carbocycles. The lowest BCUT2D eigenvalue weighted by Gasteiger charge is -2.35. The van der Waals surface area contributed by atoms with Crippen molar-refractivity contribution in [2.75, 3.05) is 31.5 Å². The van der Waals surface area contributed by atoms with E-state index in [0.29, 0.717) is 53.0 Å². The highest BCUT2D eigenvalue weighted by Gasteiger charge is 2.25. The van der Waals surface area contributed by atoms with E-state index in [2.05, 4.69) is 20.3 Å². The van der Waals surface area contributed by atoms with Gasteiger partial charge < -0.3 is 20.1 Å². The summed E-state index contributed by atoms with van der Waals surface area (Å²) in [7, 11) is 0. The lowest BCUT2D eigenvalue weighted by molar-refractivity contribution is -0.134. The molecule has 1 fully saturated rings. The predicted octanol–water partition coefficient (Wildman–Crippen LogP) is 2.26. The van der Waals surface area contributed by atoms with E-state index in [1.54, 1.807) is 40.1 Å². The Kier molecular flexibility index (Phi) is 6.66. The first-order chi connectivity index (χ1) is 15.8. The first-order valence-electron chi connectivity index (χ1n) is 10.2. The number of rotatable bonds is 5. The molecule has 0 atom stereocenters. The largest absolute Gasteiger partial charge is 0.339 e. The van der Waals surface area contributed by atoms with Crippen molar-refractivity contribution in [3.05, 3.63) is 56.4 Å². The van der Waals surface area contributed by atoms with Crippen molar-refractivity contribution in [2.45, 2.75) is 12.8 Å². The van der Waals surface area contributed by atoms with Gasteiger partial charge in [-0.3, -0.25) is 19.4 Å². The maximum absolute atomic E-state index is 12.7. The molecule has 0 unspecified atom stereocenters. The lowest BCUT2D eigenvalue weighted by atomic mass is 10.1. The number of piperazine rings is 1. The van der Waals surface area contributed by atoms with Crippen LogP contribution in [0.1, 0.15) is 23.2 Å². The van der Waals surface area contributed by atoms with E-state index in [-0.39, 0.29) is 42.1 Å². The number of imidazole rings is 1. The van der Waals surface area contributed by atoms with Crippen LogP contribution in [0.25, 0.3) is 11.2 Å². The molecule has 1 aliphatic heterocycles. The number of halogens is 2. The second kappa shape index (κ2) is 9.63. The number of anilines is 1. The molecule has 3 N–H and O–H groups in total. The van der Waals surface area contributed by atoms with Crippen LogP contribution in [-0.4, -0.2) is 68.7 Å². The summed E-state index contributed by atoms with van der Waals surface area (Å²) in [5, 5.41) is 3.39. The molecule has 172 valence electrons. The molecule has 0 spiro atoms. The summed E-state index contributed by atoms with van der Waals surface area (Å²) in [4.78, 5) is 61.2. The third kappa shape index (κ3) is 5.52. The van der Waals surface area contributed by atoms with E-state index < -0.39 is 0 Å². The fraction of sp³-hybridized carbons (Fsp3) is 0.286. The lowest BCUT2D eigenvalue weighted by Crippen LogP contribution is -2.50. The van der Waals surface area contributed by atoms with Crippen LogP contribution in [0.5, 0.6) is 0 Å². The Hall–Kier alpha value is -3.37. The molecule has 2 aromatic heterocycles. The van der Waals surface area contributed by atoms with Crippen LogP contribution in [-0.2, 0) is 9.59 Å². The van der Waals surface area contributed by atoms with Crippen molar-refractivity contribution in [3.63, 3.8) is 0 Å². The number of pyridine rings is 1. The van der Waals surface area contributed by atoms with E-state index in [9.17, 15) is 19.2 Å². The number of carbonyl (C=O) groups excluding carboxylic acids is 3. The highest BCUT2D eigenvalue weighted by atomic mass is 35.5. The summed E-state index contributed by atoms with van der Waals surface area (Å²) in [5.41, 5.74) is 0.884. The standard InChI is InChI=1S/C21H20Cl2N6O4/c22-13-9-12(10-14(23)11-13)20(32)29-7-5-28(6-8-29)18(31)4-3-17(30)25-16-2-1-15-19(26-16)27-21(33)24-15/h1-2,9-11H,3-8H2,(H3,24,25,26,27,30,33). The van der Waals surface area contributed by atoms with Crippen molar-refractivity contribution in [1.29, 1.82) is 0 Å². The summed E-state index contributed by atoms with van der Waals surface area (Å²) >= 11 is 12.0. The Morgan fingerprint density at radius 2 is 1.61 bits per heavy atom. The fourth-order valence-electron chi connectivity index (χ4n) is 3.59. The zero-order valence-electron chi connectivity index (χ0n) is 17.4. The second-order valence-electron chi connectivity index (χ2n) is 7.55. The fourth-order valence-corrected chi connectivity index (χ4v) is 4.11. The molecule has 4 rings (SSSR count). The molecule has 0 aliphatic carbocycles. The average Bonchev–Trinajstić information content (AvgIpc) is 3.15. The van der Waals surface area contributed by atoms with Gasteiger partial charge in [0.25, 0.3) is 5.91 Å². The van der Waals surface area contributed by atoms with Gasteiger partial charge in [0.15, 0.2) is 5.65 Å². The van der Waals surface area contributed by atoms with Crippen molar-refractivity contribution in [2.24, 2.45) is 0 Å². The molecule has 0 radical (unpaired) electrons. The van der Waals surface area contributed by atoms with Crippen LogP contribution < -0.4 is 11.0 Å². The maximum atomic E-state index is 12.7. The van der Waals surface area contributed by atoms with E-state index in [1.807, 2.05) is 0 Å². The van der Waals surface area contributed by atoms with E-state index in [1.165, 1.54) is 0 Å². The zero-order valence-corrected chi connectivity index (χ0v) is 18.9. The van der Waals surface area contributed by atoms with Gasteiger partial charge in [0, 0.05) is 54.6 Å². The number of nitrogens with zero attached hydrogens (tertiary/aromatic N) is 3. The van der Waals surface area contributed by atoms with Crippen LogP contribution in [0.3, 0.4) is 0 Å². The van der Waals surface area contributed by atoms with Crippen molar-refractivity contribution in [3.8, 4) is 0 Å². The molecule has 12 heteroatoms. The molecule has 3 aromatic rings. The third-order valence-corrected chi connectivity index (χ3v) is 5.67. The quantitative estimate of drug-likeness (QED) is 0.504. The van der Waals surface area contributed by atoms with Crippen LogP contribution in [0.4, 0.5) is 5.82 Å². The van der Waals surface area contributed by atoms with Crippen molar-refractivity contribution >= 4 is 57.9 Å². The number of nitrogens with one attached hydrogen (secondary N) is 3. The molecular formula is C21H20Cl2N6O4. The summed E-state index contributed by atoms with van der Waals surface area (Å²) in [6, 6.07) is 7.87. The minimum atomic E-state index is -0.385. The Morgan fingerprint density at radius 3 is 2.30 bits per heavy atom. The minimum Gasteiger partial charge on any atom is -0.339 e. The Labute approximate surface area is 197 Å². The van der Waals surface area contributed by atoms with E-state index in [0.717, 1.165) is 0 Å². The molecule has 1 aliphatic rings. The highest BCUT2D eigenvalue weighted by molar-refractivity contribution is 6.35. The van der Waals surface area contributed by atoms with Crippen LogP contribution in [0.15, 0.2) is 35.1 Å². The number of benzene rings is 1. The Balaban J connectivity index is 1.25. The zero-order chi connectivity index (χ0) is 23.5. The number of aromatic amines is 2. The van der Waals surface area contributed by atoms with Crippen LogP contribution in [0, 0.1) is 0 Å². The van der Waals surface area contributed by atoms with Gasteiger partial charge in [-0.1, -0.05) is 23.2 Å². The van der Waals surface area contributed by atoms with Crippen molar-refractivity contribution in [1.82, 2.24) is 24.8 Å². The number of carbonyl (C=O) groups is 3. The second-order valence-corrected chi connectivity index (χ2v) is 8.42. The smallest absolute Gasteiger partial charge is 0.325 e. The van der Waals surface area contributed by atoms with Gasteiger partial charge >= 0.3 is 5.69 Å². The summed E-state index contributed by atoms with van der Waals surface area (Å²) < 4.78 is 0. The summed E-state index contributed by atoms with van der Waals surface area (Å²) in [6.07, 6.45) is 0.0231. The molecule has 3 heterocycles. The van der Waals surface area contributed by atoms with Gasteiger partial charge in [-0.05, 0) is 30.3 Å². The van der Waals surface area contributed by atoms with E-state index in [4.69, 9.17) is 23.2 Å². The molecule has 1 saturated heterocycles. The minimum absolute atomic E-state index is 0.0115. The monoisotopic (exact) mass is 490 g/mol. The first-order valence-corrected chi connectivity index (χ1v) is 11.0. The highest BCUT2D eigenvalue weighted by Crippen LogP contribution is 2.21. The van der Waals surface area contributed by atoms with Gasteiger partial charge in [-0.15, -0.1) is 0 Å². The third-order valence-electron chi connectivity index (χ3n) is 5.24. The van der Waals surface area contributed by atoms with Gasteiger partial charge in [0.05, 0.1) is 5.52 Å². The molecular weight excluding hydrogens is 471 g/mol. The predicted molar refractivity (Wildman–Crippen MR) is 124 cm³/mol. The number of hydrogen-bond donors (Lipinski definition) is 3. The summed E-state index contributed by atoms with van der Waals surface area (Å²) in [5.74, 6) is -0.441. The van der Waals surface area contributed by atoms with Crippen molar-refractivity contribution < 1.29 is 14.4 Å². The van der Waals surface area contributed by atoms with Gasteiger partial charge in [-0.25, -0.2) is 9.78 Å². The summed E-state index contributed by atoms with van der Waals surface area (Å²) in [6.45, 7) is 1.50. The molecule has 3 amide bonds. The number of hydrogen-bond acceptors (Lipinski definition) is 5. The van der Waals surface area contributed by atoms with E-state index >= 15 is 0 Å². The number of amides is 3. The molecule has 10 nitrogen and oxygen atoms in total. The van der Waals surface area contributed by atoms with Gasteiger partial charge in [0.1, 0.15) is 5.82 Å². The van der Waals surface area contributed by atoms with Crippen LogP contribution in [0.2, 0.25) is 10.0 Å². The average molecular weight is 491 g/mol. The number of aromatic nitrogens is 3. The Bertz CT molecular complexity index is 1260. The normalized spacial score (nSPS) is 13.9. The molecule has 1 aromatic carbocycles. The number of fused-ring (bicyclic) bond motifs is 1. The van der Waals surface area contributed by atoms with Crippen LogP contribution >= 0.6 is 23.2 Å². The topological polar surface area (TPSA) is 131 Å². The van der Waals surface area contributed by atoms with Gasteiger partial charge in [0.2, 0.25) is 11.8 Å². The molecule has 0 bridgehead atoms.